The highest BCUT2D eigenvalue weighted by Crippen LogP contribution is 2.19. The Morgan fingerprint density at radius 2 is 1.86 bits per heavy atom. The average Bonchev–Trinajstić information content (AvgIpc) is 2.47. The second-order valence-corrected chi connectivity index (χ2v) is 5.63. The molecule has 0 aromatic heterocycles. The summed E-state index contributed by atoms with van der Waals surface area (Å²) in [6.45, 7) is 5.75. The van der Waals surface area contributed by atoms with Crippen LogP contribution in [0.5, 0.6) is 5.75 Å². The minimum absolute atomic E-state index is 0.0621. The summed E-state index contributed by atoms with van der Waals surface area (Å²) in [6.07, 6.45) is 3.99. The number of hydrogen-bond donors (Lipinski definition) is 2. The number of urea groups is 1. The standard InChI is InChI=1S/C17H28N2O2/c1-14(2)11-13-19-17(20)18-12-7-6-9-15-8-4-5-10-16(15)21-3/h4-5,8,10,14H,6-7,9,11-13H2,1-3H3,(H2,18,19,20). The van der Waals surface area contributed by atoms with Crippen LogP contribution in [0.15, 0.2) is 24.3 Å². The Labute approximate surface area is 128 Å². The van der Waals surface area contributed by atoms with Crippen LogP contribution in [0, 0.1) is 5.92 Å². The molecule has 0 aliphatic carbocycles. The van der Waals surface area contributed by atoms with Gasteiger partial charge in [-0.1, -0.05) is 32.0 Å². The molecule has 0 radical (unpaired) electrons. The maximum Gasteiger partial charge on any atom is 0.314 e. The van der Waals surface area contributed by atoms with Gasteiger partial charge in [-0.2, -0.15) is 0 Å². The first-order valence-corrected chi connectivity index (χ1v) is 7.77. The Balaban J connectivity index is 2.10. The number of benzene rings is 1. The van der Waals surface area contributed by atoms with Crippen molar-refractivity contribution in [1.82, 2.24) is 10.6 Å². The summed E-state index contributed by atoms with van der Waals surface area (Å²) < 4.78 is 5.32. The smallest absolute Gasteiger partial charge is 0.314 e. The van der Waals surface area contributed by atoms with Crippen LogP contribution in [-0.2, 0) is 6.42 Å². The summed E-state index contributed by atoms with van der Waals surface area (Å²) in [7, 11) is 1.70. The largest absolute Gasteiger partial charge is 0.496 e. The van der Waals surface area contributed by atoms with Crippen molar-refractivity contribution < 1.29 is 9.53 Å². The molecule has 0 saturated heterocycles. The van der Waals surface area contributed by atoms with Crippen molar-refractivity contribution in [3.8, 4) is 5.75 Å². The van der Waals surface area contributed by atoms with Crippen LogP contribution in [0.25, 0.3) is 0 Å². The number of ether oxygens (including phenoxy) is 1. The second-order valence-electron chi connectivity index (χ2n) is 5.63. The molecule has 0 fully saturated rings. The normalized spacial score (nSPS) is 10.5. The van der Waals surface area contributed by atoms with E-state index in [1.54, 1.807) is 7.11 Å². The van der Waals surface area contributed by atoms with Crippen LogP contribution >= 0.6 is 0 Å². The van der Waals surface area contributed by atoms with Gasteiger partial charge in [0.2, 0.25) is 0 Å². The highest BCUT2D eigenvalue weighted by molar-refractivity contribution is 5.73. The minimum Gasteiger partial charge on any atom is -0.496 e. The lowest BCUT2D eigenvalue weighted by Crippen LogP contribution is -2.36. The summed E-state index contributed by atoms with van der Waals surface area (Å²) in [5, 5.41) is 5.76. The number of carbonyl (C=O) groups is 1. The fourth-order valence-electron chi connectivity index (χ4n) is 2.09. The van der Waals surface area contributed by atoms with E-state index in [9.17, 15) is 4.79 Å². The third kappa shape index (κ3) is 7.59. The van der Waals surface area contributed by atoms with E-state index < -0.39 is 0 Å². The lowest BCUT2D eigenvalue weighted by atomic mass is 10.1. The number of unbranched alkanes of at least 4 members (excludes halogenated alkanes) is 1. The summed E-state index contributed by atoms with van der Waals surface area (Å²) in [5.74, 6) is 1.56. The summed E-state index contributed by atoms with van der Waals surface area (Å²) >= 11 is 0. The van der Waals surface area contributed by atoms with Gasteiger partial charge in [-0.05, 0) is 43.2 Å². The summed E-state index contributed by atoms with van der Waals surface area (Å²) in [4.78, 5) is 11.5. The molecule has 1 aromatic rings. The van der Waals surface area contributed by atoms with E-state index in [2.05, 4.69) is 30.5 Å². The molecule has 21 heavy (non-hydrogen) atoms. The zero-order valence-electron chi connectivity index (χ0n) is 13.4. The first-order valence-electron chi connectivity index (χ1n) is 7.77. The molecule has 0 saturated carbocycles. The molecule has 0 aliphatic rings. The predicted octanol–water partition coefficient (Wildman–Crippen LogP) is 3.36. The zero-order chi connectivity index (χ0) is 15.5. The molecule has 4 heteroatoms. The van der Waals surface area contributed by atoms with Crippen LogP contribution in [0.3, 0.4) is 0 Å². The van der Waals surface area contributed by atoms with Crippen molar-refractivity contribution in [3.63, 3.8) is 0 Å². The number of nitrogens with one attached hydrogen (secondary N) is 2. The van der Waals surface area contributed by atoms with E-state index in [0.717, 1.165) is 38.0 Å². The van der Waals surface area contributed by atoms with Crippen LogP contribution in [0.4, 0.5) is 4.79 Å². The number of rotatable bonds is 9. The average molecular weight is 292 g/mol. The van der Waals surface area contributed by atoms with Gasteiger partial charge in [0.1, 0.15) is 5.75 Å². The number of para-hydroxylation sites is 1. The Morgan fingerprint density at radius 3 is 2.57 bits per heavy atom. The maximum atomic E-state index is 11.5. The predicted molar refractivity (Wildman–Crippen MR) is 86.8 cm³/mol. The van der Waals surface area contributed by atoms with E-state index >= 15 is 0 Å². The Morgan fingerprint density at radius 1 is 1.14 bits per heavy atom. The van der Waals surface area contributed by atoms with E-state index in [0.29, 0.717) is 12.5 Å². The number of aryl methyl sites for hydroxylation is 1. The molecular weight excluding hydrogens is 264 g/mol. The van der Waals surface area contributed by atoms with Gasteiger partial charge in [-0.3, -0.25) is 0 Å². The van der Waals surface area contributed by atoms with Crippen LogP contribution in [0.1, 0.15) is 38.7 Å². The van der Waals surface area contributed by atoms with Gasteiger partial charge >= 0.3 is 6.03 Å². The first kappa shape index (κ1) is 17.3. The molecular formula is C17H28N2O2. The quantitative estimate of drug-likeness (QED) is 0.686. The lowest BCUT2D eigenvalue weighted by Gasteiger charge is -2.10. The van der Waals surface area contributed by atoms with E-state index in [1.807, 2.05) is 18.2 Å². The van der Waals surface area contributed by atoms with Crippen molar-refractivity contribution in [2.24, 2.45) is 5.92 Å². The van der Waals surface area contributed by atoms with Crippen molar-refractivity contribution in [2.45, 2.75) is 39.5 Å². The summed E-state index contributed by atoms with van der Waals surface area (Å²) in [5.41, 5.74) is 1.22. The Kier molecular flexibility index (Phi) is 8.32. The highest BCUT2D eigenvalue weighted by atomic mass is 16.5. The molecule has 0 heterocycles. The molecule has 1 rings (SSSR count). The summed E-state index contributed by atoms with van der Waals surface area (Å²) in [6, 6.07) is 8.01. The van der Waals surface area contributed by atoms with Gasteiger partial charge in [0.05, 0.1) is 7.11 Å². The fourth-order valence-corrected chi connectivity index (χ4v) is 2.09. The topological polar surface area (TPSA) is 50.4 Å². The van der Waals surface area contributed by atoms with Crippen LogP contribution in [0.2, 0.25) is 0 Å². The third-order valence-corrected chi connectivity index (χ3v) is 3.36. The Hall–Kier alpha value is -1.71. The molecule has 0 aliphatic heterocycles. The van der Waals surface area contributed by atoms with E-state index in [4.69, 9.17) is 4.74 Å². The van der Waals surface area contributed by atoms with Crippen molar-refractivity contribution in [2.75, 3.05) is 20.2 Å². The molecule has 1 aromatic carbocycles. The van der Waals surface area contributed by atoms with Gasteiger partial charge in [0.15, 0.2) is 0 Å². The maximum absolute atomic E-state index is 11.5. The molecule has 0 bridgehead atoms. The van der Waals surface area contributed by atoms with Gasteiger partial charge in [0.25, 0.3) is 0 Å². The first-order chi connectivity index (χ1) is 10.1. The Bertz CT molecular complexity index is 419. The lowest BCUT2D eigenvalue weighted by molar-refractivity contribution is 0.240. The van der Waals surface area contributed by atoms with Crippen LogP contribution in [-0.4, -0.2) is 26.2 Å². The number of carbonyl (C=O) groups excluding carboxylic acids is 1. The monoisotopic (exact) mass is 292 g/mol. The minimum atomic E-state index is -0.0621. The van der Waals surface area contributed by atoms with Crippen molar-refractivity contribution in [3.05, 3.63) is 29.8 Å². The van der Waals surface area contributed by atoms with Gasteiger partial charge in [-0.15, -0.1) is 0 Å². The number of methoxy groups -OCH3 is 1. The zero-order valence-corrected chi connectivity index (χ0v) is 13.4. The second kappa shape index (κ2) is 10.1. The number of hydrogen-bond acceptors (Lipinski definition) is 2. The van der Waals surface area contributed by atoms with Crippen LogP contribution < -0.4 is 15.4 Å². The molecule has 0 atom stereocenters. The fraction of sp³-hybridized carbons (Fsp3) is 0.588. The molecule has 0 unspecified atom stereocenters. The SMILES string of the molecule is COc1ccccc1CCCCNC(=O)NCCC(C)C. The van der Waals surface area contributed by atoms with Gasteiger partial charge < -0.3 is 15.4 Å². The van der Waals surface area contributed by atoms with Gasteiger partial charge in [0, 0.05) is 13.1 Å². The molecule has 4 nitrogen and oxygen atoms in total. The van der Waals surface area contributed by atoms with Crippen molar-refractivity contribution in [1.29, 1.82) is 0 Å². The van der Waals surface area contributed by atoms with Gasteiger partial charge in [-0.25, -0.2) is 4.79 Å². The highest BCUT2D eigenvalue weighted by Gasteiger charge is 2.02. The van der Waals surface area contributed by atoms with Crippen molar-refractivity contribution >= 4 is 6.03 Å². The van der Waals surface area contributed by atoms with E-state index in [1.165, 1.54) is 5.56 Å². The molecule has 2 N–H and O–H groups in total. The van der Waals surface area contributed by atoms with E-state index in [-0.39, 0.29) is 6.03 Å². The third-order valence-electron chi connectivity index (χ3n) is 3.36. The molecule has 2 amide bonds. The molecule has 0 spiro atoms. The number of amides is 2. The molecule has 118 valence electrons.